The van der Waals surface area contributed by atoms with Gasteiger partial charge in [0.2, 0.25) is 10.0 Å². The standard InChI is InChI=1S/C16H17N3O6S/c1-10-5-4-6-12(15(10)19(21)22)16(20)17-11-7-8-14(25-2)13(9-11)18-26(3,23)24/h4-9,18H,1-3H3,(H,17,20). The third-order valence-electron chi connectivity index (χ3n) is 3.42. The summed E-state index contributed by atoms with van der Waals surface area (Å²) in [5.74, 6) is -0.425. The van der Waals surface area contributed by atoms with Gasteiger partial charge in [0.05, 0.1) is 24.0 Å². The van der Waals surface area contributed by atoms with Gasteiger partial charge in [-0.3, -0.25) is 19.6 Å². The zero-order valence-corrected chi connectivity index (χ0v) is 15.1. The number of hydrogen-bond donors (Lipinski definition) is 2. The minimum absolute atomic E-state index is 0.0940. The van der Waals surface area contributed by atoms with Gasteiger partial charge in [0.1, 0.15) is 11.3 Å². The van der Waals surface area contributed by atoms with Crippen LogP contribution < -0.4 is 14.8 Å². The molecule has 0 fully saturated rings. The number of nitro groups is 1. The molecule has 0 unspecified atom stereocenters. The molecule has 0 aromatic heterocycles. The van der Waals surface area contributed by atoms with Crippen LogP contribution in [0.5, 0.6) is 5.75 Å². The van der Waals surface area contributed by atoms with E-state index in [1.54, 1.807) is 6.07 Å². The number of carbonyl (C=O) groups is 1. The summed E-state index contributed by atoms with van der Waals surface area (Å²) >= 11 is 0. The van der Waals surface area contributed by atoms with Crippen LogP contribution in [-0.2, 0) is 10.0 Å². The lowest BCUT2D eigenvalue weighted by Crippen LogP contribution is -2.15. The SMILES string of the molecule is COc1ccc(NC(=O)c2cccc(C)c2[N+](=O)[O-])cc1NS(C)(=O)=O. The fourth-order valence-corrected chi connectivity index (χ4v) is 2.91. The van der Waals surface area contributed by atoms with Crippen molar-refractivity contribution in [3.8, 4) is 5.75 Å². The molecule has 0 saturated heterocycles. The fourth-order valence-electron chi connectivity index (χ4n) is 2.35. The van der Waals surface area contributed by atoms with Crippen LogP contribution in [0.2, 0.25) is 0 Å². The van der Waals surface area contributed by atoms with E-state index in [0.717, 1.165) is 6.26 Å². The van der Waals surface area contributed by atoms with Gasteiger partial charge >= 0.3 is 0 Å². The molecule has 0 atom stereocenters. The van der Waals surface area contributed by atoms with Crippen LogP contribution in [0.1, 0.15) is 15.9 Å². The predicted octanol–water partition coefficient (Wildman–Crippen LogP) is 2.54. The quantitative estimate of drug-likeness (QED) is 0.586. The molecule has 2 aromatic rings. The first-order valence-corrected chi connectivity index (χ1v) is 9.22. The largest absolute Gasteiger partial charge is 0.495 e. The maximum Gasteiger partial charge on any atom is 0.285 e. The number of benzene rings is 2. The van der Waals surface area contributed by atoms with Crippen LogP contribution in [0.4, 0.5) is 17.1 Å². The fraction of sp³-hybridized carbons (Fsp3) is 0.188. The number of nitrogens with one attached hydrogen (secondary N) is 2. The number of carbonyl (C=O) groups excluding carboxylic acids is 1. The second-order valence-corrected chi connectivity index (χ2v) is 7.22. The second-order valence-electron chi connectivity index (χ2n) is 5.47. The van der Waals surface area contributed by atoms with Crippen molar-refractivity contribution in [2.75, 3.05) is 23.4 Å². The summed E-state index contributed by atoms with van der Waals surface area (Å²) in [5.41, 5.74) is 0.359. The van der Waals surface area contributed by atoms with Crippen LogP contribution in [0.15, 0.2) is 36.4 Å². The van der Waals surface area contributed by atoms with Crippen LogP contribution >= 0.6 is 0 Å². The molecule has 2 rings (SSSR count). The molecule has 1 amide bonds. The third kappa shape index (κ3) is 4.48. The predicted molar refractivity (Wildman–Crippen MR) is 97.2 cm³/mol. The van der Waals surface area contributed by atoms with Crippen LogP contribution in [0.3, 0.4) is 0 Å². The van der Waals surface area contributed by atoms with Gasteiger partial charge in [-0.15, -0.1) is 0 Å². The number of nitro benzene ring substituents is 1. The molecular weight excluding hydrogens is 362 g/mol. The Balaban J connectivity index is 2.37. The van der Waals surface area contributed by atoms with Gasteiger partial charge < -0.3 is 10.1 Å². The number of sulfonamides is 1. The highest BCUT2D eigenvalue weighted by Crippen LogP contribution is 2.30. The van der Waals surface area contributed by atoms with Crippen molar-refractivity contribution in [1.29, 1.82) is 0 Å². The minimum atomic E-state index is -3.56. The molecular formula is C16H17N3O6S. The molecule has 2 N–H and O–H groups in total. The van der Waals surface area contributed by atoms with Gasteiger partial charge in [-0.2, -0.15) is 0 Å². The maximum atomic E-state index is 12.5. The minimum Gasteiger partial charge on any atom is -0.495 e. The topological polar surface area (TPSA) is 128 Å². The summed E-state index contributed by atoms with van der Waals surface area (Å²) in [4.78, 5) is 23.1. The Morgan fingerprint density at radius 3 is 2.50 bits per heavy atom. The number of aryl methyl sites for hydroxylation is 1. The van der Waals surface area contributed by atoms with Gasteiger partial charge in [-0.25, -0.2) is 8.42 Å². The van der Waals surface area contributed by atoms with Crippen molar-refractivity contribution in [2.24, 2.45) is 0 Å². The Kier molecular flexibility index (Phi) is 5.46. The van der Waals surface area contributed by atoms with Crippen molar-refractivity contribution < 1.29 is 22.9 Å². The second kappa shape index (κ2) is 7.40. The summed E-state index contributed by atoms with van der Waals surface area (Å²) in [5, 5.41) is 13.8. The summed E-state index contributed by atoms with van der Waals surface area (Å²) in [6, 6.07) is 8.75. The van der Waals surface area contributed by atoms with Crippen molar-refractivity contribution in [2.45, 2.75) is 6.92 Å². The highest BCUT2D eigenvalue weighted by molar-refractivity contribution is 7.92. The normalized spacial score (nSPS) is 10.9. The lowest BCUT2D eigenvalue weighted by Gasteiger charge is -2.12. The number of rotatable bonds is 6. The smallest absolute Gasteiger partial charge is 0.285 e. The van der Waals surface area contributed by atoms with Gasteiger partial charge in [0, 0.05) is 11.3 Å². The molecule has 26 heavy (non-hydrogen) atoms. The number of ether oxygens (including phenoxy) is 1. The van der Waals surface area contributed by atoms with Gasteiger partial charge in [-0.05, 0) is 31.2 Å². The number of anilines is 2. The summed E-state index contributed by atoms with van der Waals surface area (Å²) in [7, 11) is -2.19. The maximum absolute atomic E-state index is 12.5. The van der Waals surface area contributed by atoms with Gasteiger partial charge in [0.15, 0.2) is 0 Å². The number of nitrogens with zero attached hydrogens (tertiary/aromatic N) is 1. The van der Waals surface area contributed by atoms with Gasteiger partial charge in [-0.1, -0.05) is 12.1 Å². The molecule has 0 aliphatic heterocycles. The molecule has 138 valence electrons. The number of methoxy groups -OCH3 is 1. The molecule has 10 heteroatoms. The zero-order valence-electron chi connectivity index (χ0n) is 14.3. The molecule has 0 bridgehead atoms. The first kappa shape index (κ1) is 19.2. The van der Waals surface area contributed by atoms with Crippen LogP contribution in [0, 0.1) is 17.0 Å². The van der Waals surface area contributed by atoms with E-state index in [-0.39, 0.29) is 28.4 Å². The Morgan fingerprint density at radius 1 is 1.23 bits per heavy atom. The van der Waals surface area contributed by atoms with E-state index < -0.39 is 20.9 Å². The van der Waals surface area contributed by atoms with Crippen molar-refractivity contribution >= 4 is 33.0 Å². The highest BCUT2D eigenvalue weighted by atomic mass is 32.2. The number of hydrogen-bond acceptors (Lipinski definition) is 6. The lowest BCUT2D eigenvalue weighted by atomic mass is 10.1. The molecule has 0 aliphatic rings. The van der Waals surface area contributed by atoms with E-state index in [1.165, 1.54) is 44.4 Å². The Morgan fingerprint density at radius 2 is 1.92 bits per heavy atom. The molecule has 0 aliphatic carbocycles. The van der Waals surface area contributed by atoms with Crippen LogP contribution in [-0.4, -0.2) is 32.6 Å². The van der Waals surface area contributed by atoms with E-state index in [4.69, 9.17) is 4.74 Å². The molecule has 2 aromatic carbocycles. The van der Waals surface area contributed by atoms with E-state index in [1.807, 2.05) is 0 Å². The van der Waals surface area contributed by atoms with Crippen molar-refractivity contribution in [1.82, 2.24) is 0 Å². The van der Waals surface area contributed by atoms with Crippen molar-refractivity contribution in [3.63, 3.8) is 0 Å². The molecule has 0 radical (unpaired) electrons. The Bertz CT molecular complexity index is 972. The van der Waals surface area contributed by atoms with Crippen LogP contribution in [0.25, 0.3) is 0 Å². The van der Waals surface area contributed by atoms with E-state index in [2.05, 4.69) is 10.0 Å². The van der Waals surface area contributed by atoms with E-state index in [9.17, 15) is 23.3 Å². The summed E-state index contributed by atoms with van der Waals surface area (Å²) in [6.45, 7) is 1.54. The number of amides is 1. The zero-order chi connectivity index (χ0) is 19.5. The average Bonchev–Trinajstić information content (AvgIpc) is 2.53. The first-order chi connectivity index (χ1) is 12.1. The van der Waals surface area contributed by atoms with Crippen molar-refractivity contribution in [3.05, 3.63) is 57.6 Å². The Labute approximate surface area is 150 Å². The average molecular weight is 379 g/mol. The molecule has 0 saturated carbocycles. The molecule has 0 heterocycles. The monoisotopic (exact) mass is 379 g/mol. The molecule has 0 spiro atoms. The third-order valence-corrected chi connectivity index (χ3v) is 4.01. The number of para-hydroxylation sites is 1. The molecule has 9 nitrogen and oxygen atoms in total. The van der Waals surface area contributed by atoms with E-state index >= 15 is 0 Å². The Hall–Kier alpha value is -3.14. The first-order valence-electron chi connectivity index (χ1n) is 7.33. The lowest BCUT2D eigenvalue weighted by molar-refractivity contribution is -0.385. The van der Waals surface area contributed by atoms with E-state index in [0.29, 0.717) is 5.56 Å². The highest BCUT2D eigenvalue weighted by Gasteiger charge is 2.22. The summed E-state index contributed by atoms with van der Waals surface area (Å²) in [6.07, 6.45) is 0.980. The summed E-state index contributed by atoms with van der Waals surface area (Å²) < 4.78 is 30.3. The van der Waals surface area contributed by atoms with Gasteiger partial charge in [0.25, 0.3) is 11.6 Å².